The van der Waals surface area contributed by atoms with Gasteiger partial charge in [-0.2, -0.15) is 0 Å². The summed E-state index contributed by atoms with van der Waals surface area (Å²) in [6.07, 6.45) is 0. The van der Waals surface area contributed by atoms with Crippen molar-refractivity contribution in [2.75, 3.05) is 0 Å². The first kappa shape index (κ1) is 15.6. The van der Waals surface area contributed by atoms with Crippen molar-refractivity contribution in [3.8, 4) is 5.75 Å². The van der Waals surface area contributed by atoms with Gasteiger partial charge in [0.05, 0.1) is 0 Å². The maximum absolute atomic E-state index is 13.3. The predicted octanol–water partition coefficient (Wildman–Crippen LogP) is 4.87. The van der Waals surface area contributed by atoms with Crippen LogP contribution < -0.4 is 4.74 Å². The number of rotatable bonds is 2. The summed E-state index contributed by atoms with van der Waals surface area (Å²) in [5.41, 5.74) is 5.19. The van der Waals surface area contributed by atoms with E-state index in [1.54, 1.807) is 0 Å². The van der Waals surface area contributed by atoms with E-state index in [4.69, 9.17) is 4.74 Å². The minimum absolute atomic E-state index is 0.230. The molecule has 3 aromatic rings. The Balaban J connectivity index is 2.11. The fraction of sp³-hybridized carbons (Fsp3) is 0.174. The molecule has 0 fully saturated rings. The van der Waals surface area contributed by atoms with Crippen molar-refractivity contribution in [3.05, 3.63) is 100 Å². The van der Waals surface area contributed by atoms with Crippen molar-refractivity contribution < 1.29 is 9.53 Å². The molecular weight excluding hydrogens is 308 g/mol. The molecule has 0 saturated carbocycles. The second-order valence-corrected chi connectivity index (χ2v) is 6.83. The van der Waals surface area contributed by atoms with Crippen molar-refractivity contribution in [1.82, 2.24) is 0 Å². The smallest absolute Gasteiger partial charge is 0.331 e. The van der Waals surface area contributed by atoms with Gasteiger partial charge < -0.3 is 4.74 Å². The lowest BCUT2D eigenvalue weighted by Gasteiger charge is -2.27. The number of carbonyl (C=O) groups excluding carboxylic acids is 1. The Kier molecular flexibility index (Phi) is 3.50. The van der Waals surface area contributed by atoms with Gasteiger partial charge in [0, 0.05) is 5.56 Å². The van der Waals surface area contributed by atoms with Crippen molar-refractivity contribution in [3.63, 3.8) is 0 Å². The predicted molar refractivity (Wildman–Crippen MR) is 99.1 cm³/mol. The van der Waals surface area contributed by atoms with Crippen molar-refractivity contribution >= 4 is 5.97 Å². The number of benzene rings is 3. The molecule has 25 heavy (non-hydrogen) atoms. The molecule has 124 valence electrons. The molecule has 1 heterocycles. The Morgan fingerprint density at radius 1 is 0.760 bits per heavy atom. The second kappa shape index (κ2) is 5.59. The third-order valence-corrected chi connectivity index (χ3v) is 5.02. The van der Waals surface area contributed by atoms with Gasteiger partial charge in [0.1, 0.15) is 11.2 Å². The summed E-state index contributed by atoms with van der Waals surface area (Å²) in [5, 5.41) is 0. The first-order valence-electron chi connectivity index (χ1n) is 8.50. The normalized spacial score (nSPS) is 18.8. The van der Waals surface area contributed by atoms with E-state index in [2.05, 4.69) is 19.1 Å². The molecule has 0 saturated heterocycles. The molecule has 1 unspecified atom stereocenters. The third kappa shape index (κ3) is 2.21. The zero-order valence-electron chi connectivity index (χ0n) is 14.7. The third-order valence-electron chi connectivity index (χ3n) is 5.02. The van der Waals surface area contributed by atoms with Crippen LogP contribution in [0.3, 0.4) is 0 Å². The van der Waals surface area contributed by atoms with Crippen LogP contribution in [-0.2, 0) is 10.2 Å². The number of hydrogen-bond donors (Lipinski definition) is 0. The number of aryl methyl sites for hydroxylation is 3. The first-order chi connectivity index (χ1) is 12.0. The molecular formula is C23H20O2. The molecule has 0 bridgehead atoms. The quantitative estimate of drug-likeness (QED) is 0.496. The lowest BCUT2D eigenvalue weighted by molar-refractivity contribution is -0.135. The van der Waals surface area contributed by atoms with Crippen LogP contribution in [0.5, 0.6) is 5.75 Å². The molecule has 1 aliphatic rings. The Bertz CT molecular complexity index is 955. The summed E-state index contributed by atoms with van der Waals surface area (Å²) in [4.78, 5) is 13.3. The Hall–Kier alpha value is -2.87. The monoisotopic (exact) mass is 328 g/mol. The number of fused-ring (bicyclic) bond motifs is 1. The highest BCUT2D eigenvalue weighted by Crippen LogP contribution is 2.50. The van der Waals surface area contributed by atoms with E-state index >= 15 is 0 Å². The highest BCUT2D eigenvalue weighted by Gasteiger charge is 2.52. The highest BCUT2D eigenvalue weighted by molar-refractivity contribution is 5.98. The highest BCUT2D eigenvalue weighted by atomic mass is 16.5. The number of carbonyl (C=O) groups is 1. The summed E-state index contributed by atoms with van der Waals surface area (Å²) in [6, 6.07) is 22.2. The molecule has 0 aromatic heterocycles. The van der Waals surface area contributed by atoms with Crippen LogP contribution in [0.1, 0.15) is 33.4 Å². The zero-order chi connectivity index (χ0) is 17.6. The maximum atomic E-state index is 13.3. The van der Waals surface area contributed by atoms with Crippen LogP contribution in [0.15, 0.2) is 66.7 Å². The van der Waals surface area contributed by atoms with Gasteiger partial charge in [0.15, 0.2) is 0 Å². The topological polar surface area (TPSA) is 26.3 Å². The van der Waals surface area contributed by atoms with Gasteiger partial charge >= 0.3 is 5.97 Å². The fourth-order valence-corrected chi connectivity index (χ4v) is 3.85. The second-order valence-electron chi connectivity index (χ2n) is 6.83. The molecule has 0 N–H and O–H groups in total. The van der Waals surface area contributed by atoms with E-state index in [0.717, 1.165) is 27.8 Å². The van der Waals surface area contributed by atoms with E-state index < -0.39 is 5.41 Å². The van der Waals surface area contributed by atoms with Crippen LogP contribution in [-0.4, -0.2) is 5.97 Å². The van der Waals surface area contributed by atoms with Gasteiger partial charge in [-0.15, -0.1) is 0 Å². The van der Waals surface area contributed by atoms with Crippen LogP contribution >= 0.6 is 0 Å². The van der Waals surface area contributed by atoms with Gasteiger partial charge in [-0.3, -0.25) is 0 Å². The summed E-state index contributed by atoms with van der Waals surface area (Å²) in [7, 11) is 0. The molecule has 2 nitrogen and oxygen atoms in total. The SMILES string of the molecule is Cc1ccc(C2(c3ccccc3)C(=O)Oc3c(C)cc(C)cc32)cc1. The lowest BCUT2D eigenvalue weighted by atomic mass is 9.70. The van der Waals surface area contributed by atoms with E-state index in [-0.39, 0.29) is 5.97 Å². The van der Waals surface area contributed by atoms with Gasteiger partial charge in [-0.25, -0.2) is 4.79 Å². The Morgan fingerprint density at radius 2 is 1.40 bits per heavy atom. The molecule has 0 radical (unpaired) electrons. The summed E-state index contributed by atoms with van der Waals surface area (Å²) < 4.78 is 5.81. The van der Waals surface area contributed by atoms with Crippen molar-refractivity contribution in [1.29, 1.82) is 0 Å². The minimum Gasteiger partial charge on any atom is -0.425 e. The summed E-state index contributed by atoms with van der Waals surface area (Å²) in [5.74, 6) is 0.464. The Morgan fingerprint density at radius 3 is 2.08 bits per heavy atom. The average molecular weight is 328 g/mol. The molecule has 0 amide bonds. The van der Waals surface area contributed by atoms with E-state index in [0.29, 0.717) is 5.75 Å². The van der Waals surface area contributed by atoms with E-state index in [1.807, 2.05) is 68.4 Å². The standard InChI is InChI=1S/C23H20O2/c1-15-9-11-19(12-10-15)23(18-7-5-4-6-8-18)20-14-16(2)13-17(3)21(20)25-22(23)24/h4-14H,1-3H3. The van der Waals surface area contributed by atoms with Crippen LogP contribution in [0.4, 0.5) is 0 Å². The fourth-order valence-electron chi connectivity index (χ4n) is 3.85. The van der Waals surface area contributed by atoms with Gasteiger partial charge in [0.25, 0.3) is 0 Å². The van der Waals surface area contributed by atoms with Gasteiger partial charge in [-0.1, -0.05) is 77.9 Å². The molecule has 4 rings (SSSR count). The van der Waals surface area contributed by atoms with Gasteiger partial charge in [0.2, 0.25) is 0 Å². The largest absolute Gasteiger partial charge is 0.425 e. The summed E-state index contributed by atoms with van der Waals surface area (Å²) >= 11 is 0. The Labute approximate surface area is 148 Å². The molecule has 0 aliphatic carbocycles. The molecule has 3 aromatic carbocycles. The molecule has 1 atom stereocenters. The molecule has 0 spiro atoms. The van der Waals surface area contributed by atoms with Crippen LogP contribution in [0.2, 0.25) is 0 Å². The van der Waals surface area contributed by atoms with Crippen LogP contribution in [0, 0.1) is 20.8 Å². The van der Waals surface area contributed by atoms with Gasteiger partial charge in [-0.05, 0) is 37.5 Å². The minimum atomic E-state index is -0.916. The molecule has 2 heteroatoms. The maximum Gasteiger partial charge on any atom is 0.331 e. The number of esters is 1. The van der Waals surface area contributed by atoms with Crippen molar-refractivity contribution in [2.45, 2.75) is 26.2 Å². The lowest BCUT2D eigenvalue weighted by Crippen LogP contribution is -2.36. The van der Waals surface area contributed by atoms with E-state index in [9.17, 15) is 4.79 Å². The van der Waals surface area contributed by atoms with Crippen LogP contribution in [0.25, 0.3) is 0 Å². The zero-order valence-corrected chi connectivity index (χ0v) is 14.7. The van der Waals surface area contributed by atoms with Crippen molar-refractivity contribution in [2.24, 2.45) is 0 Å². The molecule has 1 aliphatic heterocycles. The first-order valence-corrected chi connectivity index (χ1v) is 8.50. The number of hydrogen-bond acceptors (Lipinski definition) is 2. The average Bonchev–Trinajstić information content (AvgIpc) is 2.90. The number of ether oxygens (including phenoxy) is 1. The van der Waals surface area contributed by atoms with E-state index in [1.165, 1.54) is 5.56 Å². The summed E-state index contributed by atoms with van der Waals surface area (Å²) in [6.45, 7) is 6.10.